The second-order valence-electron chi connectivity index (χ2n) is 3.71. The Hall–Kier alpha value is -2.04. The Labute approximate surface area is 128 Å². The summed E-state index contributed by atoms with van der Waals surface area (Å²) < 4.78 is 7.24. The zero-order valence-electron chi connectivity index (χ0n) is 10.6. The minimum atomic E-state index is 0.124. The summed E-state index contributed by atoms with van der Waals surface area (Å²) >= 11 is 2.02. The molecule has 0 unspecified atom stereocenters. The van der Waals surface area contributed by atoms with Gasteiger partial charge < -0.3 is 15.7 Å². The second-order valence-corrected chi connectivity index (χ2v) is 4.88. The van der Waals surface area contributed by atoms with Crippen molar-refractivity contribution in [3.05, 3.63) is 27.6 Å². The van der Waals surface area contributed by atoms with Crippen molar-refractivity contribution in [2.24, 2.45) is 5.10 Å². The van der Waals surface area contributed by atoms with E-state index in [0.717, 1.165) is 5.56 Å². The number of halogens is 1. The van der Waals surface area contributed by atoms with Crippen LogP contribution in [-0.4, -0.2) is 32.8 Å². The van der Waals surface area contributed by atoms with Crippen LogP contribution in [0.25, 0.3) is 0 Å². The molecule has 0 fully saturated rings. The van der Waals surface area contributed by atoms with Gasteiger partial charge in [0.2, 0.25) is 0 Å². The fraction of sp³-hybridized carbons (Fsp3) is 0.182. The van der Waals surface area contributed by atoms with E-state index in [2.05, 4.69) is 20.7 Å². The fourth-order valence-corrected chi connectivity index (χ4v) is 2.05. The molecule has 2 aromatic rings. The number of ether oxygens (including phenoxy) is 1. The normalized spacial score (nSPS) is 10.9. The molecule has 0 aliphatic rings. The maximum absolute atomic E-state index is 9.83. The highest BCUT2D eigenvalue weighted by Crippen LogP contribution is 2.32. The summed E-state index contributed by atoms with van der Waals surface area (Å²) in [7, 11) is 0. The van der Waals surface area contributed by atoms with Crippen LogP contribution in [0, 0.1) is 3.57 Å². The molecule has 0 radical (unpaired) electrons. The molecule has 0 saturated heterocycles. The van der Waals surface area contributed by atoms with E-state index < -0.39 is 0 Å². The number of hydrogen-bond acceptors (Lipinski definition) is 7. The Morgan fingerprint density at radius 2 is 2.40 bits per heavy atom. The summed E-state index contributed by atoms with van der Waals surface area (Å²) in [5, 5.41) is 21.2. The van der Waals surface area contributed by atoms with Crippen LogP contribution in [-0.2, 0) is 0 Å². The number of nitrogens with one attached hydrogen (secondary N) is 1. The van der Waals surface area contributed by atoms with E-state index in [1.807, 2.05) is 29.5 Å². The van der Waals surface area contributed by atoms with Gasteiger partial charge in [0.05, 0.1) is 16.4 Å². The van der Waals surface area contributed by atoms with Gasteiger partial charge in [-0.25, -0.2) is 10.1 Å². The molecule has 0 amide bonds. The van der Waals surface area contributed by atoms with Crippen LogP contribution in [0.2, 0.25) is 0 Å². The molecule has 4 N–H and O–H groups in total. The van der Waals surface area contributed by atoms with E-state index in [4.69, 9.17) is 10.6 Å². The topological polar surface area (TPSA) is 111 Å². The first-order chi connectivity index (χ1) is 9.61. The number of hydrazone groups is 1. The Morgan fingerprint density at radius 1 is 1.60 bits per heavy atom. The van der Waals surface area contributed by atoms with Gasteiger partial charge in [0.15, 0.2) is 11.5 Å². The molecule has 0 bridgehead atoms. The van der Waals surface area contributed by atoms with Crippen LogP contribution in [0.5, 0.6) is 11.5 Å². The first-order valence-electron chi connectivity index (χ1n) is 5.71. The van der Waals surface area contributed by atoms with Crippen molar-refractivity contribution >= 4 is 34.8 Å². The molecule has 1 heterocycles. The minimum absolute atomic E-state index is 0.124. The molecule has 1 aromatic heterocycles. The van der Waals surface area contributed by atoms with Crippen molar-refractivity contribution in [3.8, 4) is 11.5 Å². The Morgan fingerprint density at radius 3 is 3.05 bits per heavy atom. The van der Waals surface area contributed by atoms with Gasteiger partial charge in [0.25, 0.3) is 5.95 Å². The molecular formula is C11H13IN6O2. The number of anilines is 1. The molecule has 20 heavy (non-hydrogen) atoms. The molecule has 0 atom stereocenters. The van der Waals surface area contributed by atoms with E-state index in [-0.39, 0.29) is 5.75 Å². The number of nitrogen functional groups attached to an aromatic ring is 1. The molecule has 9 heteroatoms. The van der Waals surface area contributed by atoms with Crippen LogP contribution in [0.1, 0.15) is 12.5 Å². The lowest BCUT2D eigenvalue weighted by Gasteiger charge is -2.08. The van der Waals surface area contributed by atoms with Gasteiger partial charge in [-0.05, 0) is 47.2 Å². The number of aromatic nitrogens is 3. The van der Waals surface area contributed by atoms with Gasteiger partial charge in [-0.2, -0.15) is 5.10 Å². The van der Waals surface area contributed by atoms with Gasteiger partial charge in [-0.1, -0.05) is 0 Å². The summed E-state index contributed by atoms with van der Waals surface area (Å²) in [6.07, 6.45) is 2.92. The minimum Gasteiger partial charge on any atom is -0.504 e. The number of phenols is 1. The van der Waals surface area contributed by atoms with Gasteiger partial charge in [0.1, 0.15) is 6.33 Å². The van der Waals surface area contributed by atoms with Gasteiger partial charge in [0, 0.05) is 0 Å². The molecule has 0 aliphatic carbocycles. The van der Waals surface area contributed by atoms with Crippen molar-refractivity contribution in [1.82, 2.24) is 14.9 Å². The van der Waals surface area contributed by atoms with Crippen molar-refractivity contribution < 1.29 is 9.84 Å². The average Bonchev–Trinajstić information content (AvgIpc) is 2.81. The van der Waals surface area contributed by atoms with E-state index >= 15 is 0 Å². The lowest BCUT2D eigenvalue weighted by atomic mass is 10.2. The van der Waals surface area contributed by atoms with Crippen LogP contribution >= 0.6 is 22.6 Å². The molecule has 0 saturated carbocycles. The van der Waals surface area contributed by atoms with Gasteiger partial charge >= 0.3 is 0 Å². The van der Waals surface area contributed by atoms with Crippen molar-refractivity contribution in [1.29, 1.82) is 0 Å². The fourth-order valence-electron chi connectivity index (χ4n) is 1.42. The van der Waals surface area contributed by atoms with Gasteiger partial charge in [-0.3, -0.25) is 0 Å². The van der Waals surface area contributed by atoms with Crippen LogP contribution < -0.4 is 16.0 Å². The third kappa shape index (κ3) is 3.29. The first-order valence-corrected chi connectivity index (χ1v) is 6.79. The summed E-state index contributed by atoms with van der Waals surface area (Å²) in [5.74, 6) is 6.39. The first kappa shape index (κ1) is 14.4. The zero-order chi connectivity index (χ0) is 14.5. The smallest absolute Gasteiger partial charge is 0.263 e. The molecule has 0 spiro atoms. The predicted octanol–water partition coefficient (Wildman–Crippen LogP) is 1.15. The number of benzene rings is 1. The third-order valence-electron chi connectivity index (χ3n) is 2.30. The molecule has 8 nitrogen and oxygen atoms in total. The second kappa shape index (κ2) is 6.41. The molecule has 0 aliphatic heterocycles. The van der Waals surface area contributed by atoms with Crippen LogP contribution in [0.15, 0.2) is 23.6 Å². The standard InChI is InChI=1S/C11H13IN6O2/c1-2-20-9-4-7(3-8(12)10(9)19)5-14-16-11-17-15-6-18(11)13/h3-6,19H,2,13H2,1H3,(H,16,17)/b14-5+. The van der Waals surface area contributed by atoms with Crippen molar-refractivity contribution in [2.45, 2.75) is 6.92 Å². The van der Waals surface area contributed by atoms with E-state index in [1.54, 1.807) is 18.3 Å². The average molecular weight is 388 g/mol. The number of nitrogens with zero attached hydrogens (tertiary/aromatic N) is 4. The van der Waals surface area contributed by atoms with E-state index in [0.29, 0.717) is 21.9 Å². The monoisotopic (exact) mass is 388 g/mol. The van der Waals surface area contributed by atoms with Crippen LogP contribution in [0.4, 0.5) is 5.95 Å². The lowest BCUT2D eigenvalue weighted by Crippen LogP contribution is -2.10. The summed E-state index contributed by atoms with van der Waals surface area (Å²) in [5.41, 5.74) is 3.42. The summed E-state index contributed by atoms with van der Waals surface area (Å²) in [6, 6.07) is 3.47. The molecule has 1 aromatic carbocycles. The highest BCUT2D eigenvalue weighted by atomic mass is 127. The van der Waals surface area contributed by atoms with E-state index in [9.17, 15) is 5.11 Å². The number of hydrogen-bond donors (Lipinski definition) is 3. The molecule has 2 rings (SSSR count). The predicted molar refractivity (Wildman–Crippen MR) is 83.4 cm³/mol. The number of phenolic OH excluding ortho intramolecular Hbond substituents is 1. The Balaban J connectivity index is 2.15. The maximum atomic E-state index is 9.83. The van der Waals surface area contributed by atoms with Crippen LogP contribution in [0.3, 0.4) is 0 Å². The highest BCUT2D eigenvalue weighted by molar-refractivity contribution is 14.1. The number of aromatic hydroxyl groups is 1. The molecular weight excluding hydrogens is 375 g/mol. The van der Waals surface area contributed by atoms with E-state index in [1.165, 1.54) is 11.0 Å². The maximum Gasteiger partial charge on any atom is 0.263 e. The van der Waals surface area contributed by atoms with Crippen molar-refractivity contribution in [2.75, 3.05) is 17.9 Å². The number of rotatable bonds is 5. The van der Waals surface area contributed by atoms with Gasteiger partial charge in [-0.15, -0.1) is 10.2 Å². The third-order valence-corrected chi connectivity index (χ3v) is 3.12. The SMILES string of the molecule is CCOc1cc(/C=N/Nc2nncn2N)cc(I)c1O. The lowest BCUT2D eigenvalue weighted by molar-refractivity contribution is 0.317. The largest absolute Gasteiger partial charge is 0.504 e. The number of nitrogens with two attached hydrogens (primary N) is 1. The Kier molecular flexibility index (Phi) is 4.61. The Bertz CT molecular complexity index is 627. The van der Waals surface area contributed by atoms with Crippen molar-refractivity contribution in [3.63, 3.8) is 0 Å². The zero-order valence-corrected chi connectivity index (χ0v) is 12.8. The summed E-state index contributed by atoms with van der Waals surface area (Å²) in [4.78, 5) is 0. The quantitative estimate of drug-likeness (QED) is 0.307. The highest BCUT2D eigenvalue weighted by Gasteiger charge is 2.08. The molecule has 106 valence electrons. The summed E-state index contributed by atoms with van der Waals surface area (Å²) in [6.45, 7) is 2.32.